The molecular weight excluding hydrogens is 307 g/mol. The predicted molar refractivity (Wildman–Crippen MR) is 81.7 cm³/mol. The van der Waals surface area contributed by atoms with Crippen molar-refractivity contribution in [1.82, 2.24) is 10.2 Å². The molecule has 1 aromatic rings. The van der Waals surface area contributed by atoms with Crippen molar-refractivity contribution in [2.24, 2.45) is 0 Å². The highest BCUT2D eigenvalue weighted by molar-refractivity contribution is 6.42. The molecule has 0 radical (unpaired) electrons. The lowest BCUT2D eigenvalue weighted by Crippen LogP contribution is -2.57. The van der Waals surface area contributed by atoms with E-state index >= 15 is 0 Å². The Bertz CT molecular complexity index is 467. The van der Waals surface area contributed by atoms with Crippen molar-refractivity contribution < 1.29 is 4.79 Å². The quantitative estimate of drug-likeness (QED) is 0.860. The highest BCUT2D eigenvalue weighted by Crippen LogP contribution is 2.24. The lowest BCUT2D eigenvalue weighted by atomic mass is 10.1. The second-order valence-corrected chi connectivity index (χ2v) is 5.43. The number of hydrogen-bond donors (Lipinski definition) is 1. The van der Waals surface area contributed by atoms with E-state index in [2.05, 4.69) is 12.2 Å². The Kier molecular flexibility index (Phi) is 5.93. The number of hydrogen-bond acceptors (Lipinski definition) is 2. The zero-order valence-corrected chi connectivity index (χ0v) is 13.1. The minimum atomic E-state index is 0. The van der Waals surface area contributed by atoms with E-state index in [1.54, 1.807) is 18.2 Å². The summed E-state index contributed by atoms with van der Waals surface area (Å²) in [6.07, 6.45) is 0. The molecule has 106 valence electrons. The number of benzene rings is 1. The fourth-order valence-corrected chi connectivity index (χ4v) is 2.44. The molecule has 1 fully saturated rings. The molecule has 1 amide bonds. The van der Waals surface area contributed by atoms with Crippen molar-refractivity contribution in [2.75, 3.05) is 13.1 Å². The summed E-state index contributed by atoms with van der Waals surface area (Å²) in [6, 6.07) is 5.47. The number of amides is 1. The summed E-state index contributed by atoms with van der Waals surface area (Å²) in [5.41, 5.74) is 0.588. The average molecular weight is 324 g/mol. The van der Waals surface area contributed by atoms with Crippen LogP contribution >= 0.6 is 35.6 Å². The minimum absolute atomic E-state index is 0. The van der Waals surface area contributed by atoms with E-state index in [0.717, 1.165) is 6.54 Å². The number of halogens is 3. The molecule has 0 bridgehead atoms. The number of carbonyl (C=O) groups excluding carboxylic acids is 1. The van der Waals surface area contributed by atoms with Crippen molar-refractivity contribution >= 4 is 41.5 Å². The first-order valence-electron chi connectivity index (χ1n) is 6.00. The van der Waals surface area contributed by atoms with Gasteiger partial charge in [0.25, 0.3) is 5.91 Å². The van der Waals surface area contributed by atoms with Crippen molar-refractivity contribution in [3.8, 4) is 0 Å². The first-order valence-corrected chi connectivity index (χ1v) is 6.75. The molecule has 2 unspecified atom stereocenters. The maximum absolute atomic E-state index is 12.4. The summed E-state index contributed by atoms with van der Waals surface area (Å²) in [4.78, 5) is 14.3. The molecule has 0 aliphatic carbocycles. The molecule has 1 saturated heterocycles. The van der Waals surface area contributed by atoms with Crippen LogP contribution in [-0.4, -0.2) is 36.0 Å². The molecular formula is C13H17Cl3N2O. The van der Waals surface area contributed by atoms with Crippen LogP contribution in [0.3, 0.4) is 0 Å². The third-order valence-corrected chi connectivity index (χ3v) is 4.20. The largest absolute Gasteiger partial charge is 0.333 e. The van der Waals surface area contributed by atoms with Gasteiger partial charge in [0, 0.05) is 30.7 Å². The summed E-state index contributed by atoms with van der Waals surface area (Å²) < 4.78 is 0. The molecule has 1 heterocycles. The molecule has 2 atom stereocenters. The van der Waals surface area contributed by atoms with Crippen molar-refractivity contribution in [2.45, 2.75) is 25.9 Å². The molecule has 1 aliphatic rings. The van der Waals surface area contributed by atoms with E-state index < -0.39 is 0 Å². The van der Waals surface area contributed by atoms with Gasteiger partial charge in [-0.3, -0.25) is 4.79 Å². The first-order chi connectivity index (χ1) is 8.50. The topological polar surface area (TPSA) is 32.3 Å². The van der Waals surface area contributed by atoms with Crippen LogP contribution in [0.15, 0.2) is 18.2 Å². The van der Waals surface area contributed by atoms with Gasteiger partial charge in [0.2, 0.25) is 0 Å². The van der Waals surface area contributed by atoms with Crippen molar-refractivity contribution in [3.05, 3.63) is 33.8 Å². The molecule has 0 saturated carbocycles. The average Bonchev–Trinajstić information content (AvgIpc) is 2.35. The number of nitrogens with zero attached hydrogens (tertiary/aromatic N) is 1. The molecule has 6 heteroatoms. The standard InChI is InChI=1S/C13H16Cl2N2O.ClH/c1-8-9(2)17(6-5-16-8)13(18)10-3-4-11(14)12(15)7-10;/h3-4,7-9,16H,5-6H2,1-2H3;1H. The van der Waals surface area contributed by atoms with Gasteiger partial charge < -0.3 is 10.2 Å². The summed E-state index contributed by atoms with van der Waals surface area (Å²) in [5.74, 6) is 0.00872. The van der Waals surface area contributed by atoms with E-state index in [1.165, 1.54) is 0 Å². The van der Waals surface area contributed by atoms with Crippen LogP contribution in [0.25, 0.3) is 0 Å². The predicted octanol–water partition coefficient (Wildman–Crippen LogP) is 3.24. The van der Waals surface area contributed by atoms with Gasteiger partial charge in [-0.05, 0) is 32.0 Å². The molecule has 2 rings (SSSR count). The second kappa shape index (κ2) is 6.80. The van der Waals surface area contributed by atoms with Gasteiger partial charge in [-0.15, -0.1) is 12.4 Å². The molecule has 0 spiro atoms. The van der Waals surface area contributed by atoms with Crippen LogP contribution in [0.5, 0.6) is 0 Å². The fourth-order valence-electron chi connectivity index (χ4n) is 2.14. The van der Waals surface area contributed by atoms with Crippen LogP contribution in [0.4, 0.5) is 0 Å². The summed E-state index contributed by atoms with van der Waals surface area (Å²) in [6.45, 7) is 5.66. The van der Waals surface area contributed by atoms with E-state index in [9.17, 15) is 4.79 Å². The third-order valence-electron chi connectivity index (χ3n) is 3.46. The zero-order chi connectivity index (χ0) is 13.3. The number of rotatable bonds is 1. The first kappa shape index (κ1) is 16.6. The molecule has 3 nitrogen and oxygen atoms in total. The van der Waals surface area contributed by atoms with E-state index in [-0.39, 0.29) is 24.4 Å². The van der Waals surface area contributed by atoms with Crippen LogP contribution in [0, 0.1) is 0 Å². The number of nitrogens with one attached hydrogen (secondary N) is 1. The van der Waals surface area contributed by atoms with Crippen LogP contribution < -0.4 is 5.32 Å². The third kappa shape index (κ3) is 3.54. The Balaban J connectivity index is 0.00000180. The lowest BCUT2D eigenvalue weighted by Gasteiger charge is -2.38. The molecule has 0 aromatic heterocycles. The van der Waals surface area contributed by atoms with Crippen LogP contribution in [0.1, 0.15) is 24.2 Å². The minimum Gasteiger partial charge on any atom is -0.333 e. The van der Waals surface area contributed by atoms with E-state index in [1.807, 2.05) is 11.8 Å². The Hall–Kier alpha value is -0.480. The SMILES string of the molecule is CC1NCCN(C(=O)c2ccc(Cl)c(Cl)c2)C1C.Cl. The molecule has 1 aliphatic heterocycles. The maximum Gasteiger partial charge on any atom is 0.254 e. The van der Waals surface area contributed by atoms with Crippen LogP contribution in [0.2, 0.25) is 10.0 Å². The van der Waals surface area contributed by atoms with Gasteiger partial charge in [-0.2, -0.15) is 0 Å². The lowest BCUT2D eigenvalue weighted by molar-refractivity contribution is 0.0603. The van der Waals surface area contributed by atoms with Crippen LogP contribution in [-0.2, 0) is 0 Å². The normalized spacial score (nSPS) is 22.8. The Morgan fingerprint density at radius 1 is 1.32 bits per heavy atom. The van der Waals surface area contributed by atoms with E-state index in [0.29, 0.717) is 28.2 Å². The Morgan fingerprint density at radius 3 is 2.63 bits per heavy atom. The Labute approximate surface area is 129 Å². The smallest absolute Gasteiger partial charge is 0.254 e. The molecule has 19 heavy (non-hydrogen) atoms. The zero-order valence-electron chi connectivity index (χ0n) is 10.8. The summed E-state index contributed by atoms with van der Waals surface area (Å²) >= 11 is 11.8. The fraction of sp³-hybridized carbons (Fsp3) is 0.462. The van der Waals surface area contributed by atoms with Gasteiger partial charge in [0.05, 0.1) is 10.0 Å². The number of carbonyl (C=O) groups is 1. The highest BCUT2D eigenvalue weighted by Gasteiger charge is 2.28. The molecule has 1 N–H and O–H groups in total. The van der Waals surface area contributed by atoms with Gasteiger partial charge in [-0.1, -0.05) is 23.2 Å². The number of piperazine rings is 1. The highest BCUT2D eigenvalue weighted by atomic mass is 35.5. The summed E-state index contributed by atoms with van der Waals surface area (Å²) in [7, 11) is 0. The van der Waals surface area contributed by atoms with Crippen molar-refractivity contribution in [1.29, 1.82) is 0 Å². The maximum atomic E-state index is 12.4. The molecule has 1 aromatic carbocycles. The van der Waals surface area contributed by atoms with Crippen molar-refractivity contribution in [3.63, 3.8) is 0 Å². The summed E-state index contributed by atoms with van der Waals surface area (Å²) in [5, 5.41) is 4.23. The van der Waals surface area contributed by atoms with E-state index in [4.69, 9.17) is 23.2 Å². The van der Waals surface area contributed by atoms with Gasteiger partial charge in [0.1, 0.15) is 0 Å². The van der Waals surface area contributed by atoms with Gasteiger partial charge in [-0.25, -0.2) is 0 Å². The van der Waals surface area contributed by atoms with Gasteiger partial charge in [0.15, 0.2) is 0 Å². The second-order valence-electron chi connectivity index (χ2n) is 4.61. The monoisotopic (exact) mass is 322 g/mol. The van der Waals surface area contributed by atoms with Gasteiger partial charge >= 0.3 is 0 Å². The Morgan fingerprint density at radius 2 is 2.00 bits per heavy atom.